The van der Waals surface area contributed by atoms with Gasteiger partial charge in [-0.2, -0.15) is 10.5 Å². The molecule has 0 saturated heterocycles. The highest BCUT2D eigenvalue weighted by atomic mass is 15.1. The molecule has 0 atom stereocenters. The topological polar surface area (TPSA) is 75.3 Å². The molecule has 4 aromatic heterocycles. The van der Waals surface area contributed by atoms with E-state index in [0.717, 1.165) is 105 Å². The Balaban J connectivity index is 1.42. The van der Waals surface area contributed by atoms with E-state index in [1.807, 2.05) is 18.2 Å². The number of nitrogens with zero attached hydrogens (tertiary/aromatic N) is 6. The molecular weight excluding hydrogens is 745 g/mol. The van der Waals surface area contributed by atoms with E-state index in [2.05, 4.69) is 196 Å². The van der Waals surface area contributed by atoms with Crippen LogP contribution in [0.4, 0.5) is 0 Å². The second-order valence-corrected chi connectivity index (χ2v) is 15.3. The Kier molecular flexibility index (Phi) is 7.56. The maximum absolute atomic E-state index is 10.6. The normalized spacial score (nSPS) is 11.6. The SMILES string of the molecule is N#Cc1ccc(-c2c(-n3c4ccccc4c4ccccc43)c(-c3ccccc3)nc(-n3c4ccccc4c4ccccc43)c2-n2c3ccccc3c3ccccc32)cc1C#N. The van der Waals surface area contributed by atoms with Gasteiger partial charge in [-0.25, -0.2) is 4.98 Å². The first kappa shape index (κ1) is 34.3. The molecular formula is C55H32N6. The van der Waals surface area contributed by atoms with Gasteiger partial charge in [0.05, 0.1) is 61.3 Å². The van der Waals surface area contributed by atoms with Gasteiger partial charge in [-0.15, -0.1) is 0 Å². The largest absolute Gasteiger partial charge is 0.306 e. The van der Waals surface area contributed by atoms with Crippen LogP contribution in [0, 0.1) is 22.7 Å². The first-order valence-electron chi connectivity index (χ1n) is 20.3. The zero-order valence-corrected chi connectivity index (χ0v) is 32.7. The van der Waals surface area contributed by atoms with Crippen LogP contribution in [0.5, 0.6) is 0 Å². The Morgan fingerprint density at radius 1 is 0.344 bits per heavy atom. The number of para-hydroxylation sites is 6. The van der Waals surface area contributed by atoms with Gasteiger partial charge >= 0.3 is 0 Å². The maximum Gasteiger partial charge on any atom is 0.163 e. The highest BCUT2D eigenvalue weighted by Crippen LogP contribution is 2.48. The Morgan fingerprint density at radius 3 is 1.15 bits per heavy atom. The van der Waals surface area contributed by atoms with Gasteiger partial charge in [-0.3, -0.25) is 4.57 Å². The molecule has 6 nitrogen and oxygen atoms in total. The molecule has 0 N–H and O–H groups in total. The smallest absolute Gasteiger partial charge is 0.163 e. The molecule has 0 unspecified atom stereocenters. The second kappa shape index (κ2) is 13.4. The van der Waals surface area contributed by atoms with E-state index in [1.165, 1.54) is 0 Å². The third-order valence-corrected chi connectivity index (χ3v) is 12.1. The minimum atomic E-state index is 0.304. The van der Waals surface area contributed by atoms with Crippen LogP contribution in [0.3, 0.4) is 0 Å². The second-order valence-electron chi connectivity index (χ2n) is 15.3. The molecule has 4 heterocycles. The zero-order valence-electron chi connectivity index (χ0n) is 32.7. The third kappa shape index (κ3) is 4.97. The molecule has 0 aliphatic carbocycles. The number of nitriles is 2. The van der Waals surface area contributed by atoms with Gasteiger partial charge in [0.15, 0.2) is 5.82 Å². The van der Waals surface area contributed by atoms with Crippen molar-refractivity contribution in [1.82, 2.24) is 18.7 Å². The minimum Gasteiger partial charge on any atom is -0.306 e. The van der Waals surface area contributed by atoms with Crippen molar-refractivity contribution < 1.29 is 0 Å². The van der Waals surface area contributed by atoms with Crippen LogP contribution in [0.15, 0.2) is 194 Å². The maximum atomic E-state index is 10.6. The number of hydrogen-bond acceptors (Lipinski definition) is 3. The summed E-state index contributed by atoms with van der Waals surface area (Å²) in [4.78, 5) is 5.99. The molecule has 0 amide bonds. The molecule has 0 saturated carbocycles. The Labute approximate surface area is 350 Å². The van der Waals surface area contributed by atoms with Crippen molar-refractivity contribution in [2.45, 2.75) is 0 Å². The van der Waals surface area contributed by atoms with E-state index in [0.29, 0.717) is 11.1 Å². The lowest BCUT2D eigenvalue weighted by Crippen LogP contribution is -2.13. The van der Waals surface area contributed by atoms with Crippen molar-refractivity contribution in [3.05, 3.63) is 205 Å². The van der Waals surface area contributed by atoms with Crippen molar-refractivity contribution in [3.8, 4) is 51.7 Å². The monoisotopic (exact) mass is 776 g/mol. The molecule has 8 aromatic carbocycles. The Hall–Kier alpha value is -8.71. The van der Waals surface area contributed by atoms with Crippen LogP contribution < -0.4 is 0 Å². The van der Waals surface area contributed by atoms with Crippen LogP contribution in [0.2, 0.25) is 0 Å². The molecule has 0 bridgehead atoms. The highest BCUT2D eigenvalue weighted by molar-refractivity contribution is 6.14. The van der Waals surface area contributed by atoms with Crippen molar-refractivity contribution in [2.75, 3.05) is 0 Å². The van der Waals surface area contributed by atoms with Crippen molar-refractivity contribution in [1.29, 1.82) is 10.5 Å². The summed E-state index contributed by atoms with van der Waals surface area (Å²) >= 11 is 0. The van der Waals surface area contributed by atoms with E-state index >= 15 is 0 Å². The summed E-state index contributed by atoms with van der Waals surface area (Å²) in [5.41, 5.74) is 11.8. The summed E-state index contributed by atoms with van der Waals surface area (Å²) in [6.45, 7) is 0. The number of pyridine rings is 1. The first-order chi connectivity index (χ1) is 30.2. The third-order valence-electron chi connectivity index (χ3n) is 12.1. The van der Waals surface area contributed by atoms with Crippen LogP contribution in [0.1, 0.15) is 11.1 Å². The van der Waals surface area contributed by atoms with E-state index < -0.39 is 0 Å². The summed E-state index contributed by atoms with van der Waals surface area (Å²) in [5.74, 6) is 0.727. The van der Waals surface area contributed by atoms with Crippen LogP contribution in [0.25, 0.3) is 105 Å². The average Bonchev–Trinajstić information content (AvgIpc) is 3.97. The van der Waals surface area contributed by atoms with Crippen LogP contribution in [-0.4, -0.2) is 18.7 Å². The highest BCUT2D eigenvalue weighted by Gasteiger charge is 2.31. The van der Waals surface area contributed by atoms with Gasteiger partial charge in [-0.1, -0.05) is 146 Å². The van der Waals surface area contributed by atoms with Crippen molar-refractivity contribution in [2.24, 2.45) is 0 Å². The average molecular weight is 777 g/mol. The summed E-state index contributed by atoms with van der Waals surface area (Å²) in [7, 11) is 0. The number of benzene rings is 8. The summed E-state index contributed by atoms with van der Waals surface area (Å²) in [5, 5.41) is 27.6. The molecule has 282 valence electrons. The molecule has 0 spiro atoms. The van der Waals surface area contributed by atoms with Gasteiger partial charge in [0.2, 0.25) is 0 Å². The van der Waals surface area contributed by atoms with E-state index in [9.17, 15) is 10.5 Å². The fraction of sp³-hybridized carbons (Fsp3) is 0. The molecule has 0 fully saturated rings. The summed E-state index contributed by atoms with van der Waals surface area (Å²) in [6, 6.07) is 71.9. The minimum absolute atomic E-state index is 0.304. The van der Waals surface area contributed by atoms with Crippen LogP contribution in [-0.2, 0) is 0 Å². The molecule has 0 aliphatic heterocycles. The Morgan fingerprint density at radius 2 is 0.721 bits per heavy atom. The fourth-order valence-electron chi connectivity index (χ4n) is 9.58. The molecule has 0 radical (unpaired) electrons. The van der Waals surface area contributed by atoms with E-state index in [1.54, 1.807) is 6.07 Å². The fourth-order valence-corrected chi connectivity index (χ4v) is 9.58. The van der Waals surface area contributed by atoms with Crippen molar-refractivity contribution in [3.63, 3.8) is 0 Å². The molecule has 12 rings (SSSR count). The first-order valence-corrected chi connectivity index (χ1v) is 20.3. The lowest BCUT2D eigenvalue weighted by molar-refractivity contribution is 1.01. The van der Waals surface area contributed by atoms with Crippen molar-refractivity contribution >= 4 is 65.4 Å². The van der Waals surface area contributed by atoms with Gasteiger partial charge in [0.25, 0.3) is 0 Å². The quantitative estimate of drug-likeness (QED) is 0.175. The predicted molar refractivity (Wildman–Crippen MR) is 248 cm³/mol. The zero-order chi connectivity index (χ0) is 40.6. The van der Waals surface area contributed by atoms with Gasteiger partial charge in [-0.05, 0) is 54.1 Å². The molecule has 6 heteroatoms. The van der Waals surface area contributed by atoms with E-state index in [4.69, 9.17) is 4.98 Å². The standard InChI is InChI=1S/C55H32N6/c56-33-37-31-30-36(32-38(37)34-57)51-53(59-45-24-10-4-18-39(45)40-19-5-11-25-46(40)59)52(35-16-2-1-3-17-35)58-55(61-49-28-14-8-22-43(49)44-23-9-15-29-50(44)61)54(51)60-47-26-12-6-20-41(47)42-21-7-13-27-48(42)60/h1-32H. The van der Waals surface area contributed by atoms with E-state index in [-0.39, 0.29) is 0 Å². The number of fused-ring (bicyclic) bond motifs is 9. The van der Waals surface area contributed by atoms with Gasteiger partial charge in [0, 0.05) is 43.4 Å². The number of hydrogen-bond donors (Lipinski definition) is 0. The Bertz CT molecular complexity index is 3690. The predicted octanol–water partition coefficient (Wildman–Crippen LogP) is 13.5. The number of aromatic nitrogens is 4. The van der Waals surface area contributed by atoms with Gasteiger partial charge < -0.3 is 9.13 Å². The lowest BCUT2D eigenvalue weighted by atomic mass is 9.94. The summed E-state index contributed by atoms with van der Waals surface area (Å²) < 4.78 is 7.03. The molecule has 61 heavy (non-hydrogen) atoms. The number of rotatable bonds is 5. The molecule has 0 aliphatic rings. The lowest BCUT2D eigenvalue weighted by Gasteiger charge is -2.26. The molecule has 12 aromatic rings. The van der Waals surface area contributed by atoms with Crippen LogP contribution >= 0.6 is 0 Å². The van der Waals surface area contributed by atoms with Gasteiger partial charge in [0.1, 0.15) is 12.1 Å². The summed E-state index contributed by atoms with van der Waals surface area (Å²) in [6.07, 6.45) is 0.